The van der Waals surface area contributed by atoms with Gasteiger partial charge in [0, 0.05) is 5.56 Å². The van der Waals surface area contributed by atoms with Crippen LogP contribution in [0.25, 0.3) is 6.08 Å². The summed E-state index contributed by atoms with van der Waals surface area (Å²) in [7, 11) is 0. The number of ketones is 1. The van der Waals surface area contributed by atoms with Crippen molar-refractivity contribution >= 4 is 11.9 Å². The van der Waals surface area contributed by atoms with Crippen molar-refractivity contribution in [3.05, 3.63) is 77.1 Å². The van der Waals surface area contributed by atoms with Gasteiger partial charge in [-0.3, -0.25) is 4.79 Å². The van der Waals surface area contributed by atoms with Gasteiger partial charge < -0.3 is 0 Å². The molecule has 0 aliphatic heterocycles. The largest absolute Gasteiger partial charge is 0.289 e. The summed E-state index contributed by atoms with van der Waals surface area (Å²) in [6.45, 7) is 0. The molecule has 0 fully saturated rings. The smallest absolute Gasteiger partial charge is 0.185 e. The Morgan fingerprint density at radius 2 is 1.74 bits per heavy atom. The van der Waals surface area contributed by atoms with Crippen LogP contribution < -0.4 is 0 Å². The molecule has 0 aliphatic rings. The maximum atomic E-state index is 13.0. The van der Waals surface area contributed by atoms with Gasteiger partial charge in [0.2, 0.25) is 0 Å². The minimum absolute atomic E-state index is 0.0338. The SMILES string of the molecule is O=C(/C=C/c1cccc(F)c1)c1ccc(F)c(F)c1. The van der Waals surface area contributed by atoms with Gasteiger partial charge in [0.15, 0.2) is 17.4 Å². The fourth-order valence-corrected chi connectivity index (χ4v) is 1.53. The van der Waals surface area contributed by atoms with Crippen molar-refractivity contribution < 1.29 is 18.0 Å². The van der Waals surface area contributed by atoms with Crippen LogP contribution in [-0.2, 0) is 0 Å². The molecule has 2 aromatic carbocycles. The van der Waals surface area contributed by atoms with E-state index in [1.165, 1.54) is 36.4 Å². The molecule has 0 aliphatic carbocycles. The van der Waals surface area contributed by atoms with Gasteiger partial charge in [-0.15, -0.1) is 0 Å². The highest BCUT2D eigenvalue weighted by Crippen LogP contribution is 2.11. The Morgan fingerprint density at radius 3 is 2.42 bits per heavy atom. The van der Waals surface area contributed by atoms with Crippen LogP contribution in [-0.4, -0.2) is 5.78 Å². The second kappa shape index (κ2) is 5.52. The summed E-state index contributed by atoms with van der Waals surface area (Å²) in [6, 6.07) is 8.58. The molecule has 0 bridgehead atoms. The standard InChI is InChI=1S/C15H9F3O/c16-12-3-1-2-10(8-12)4-7-15(19)11-5-6-13(17)14(18)9-11/h1-9H/b7-4+. The van der Waals surface area contributed by atoms with Gasteiger partial charge in [-0.25, -0.2) is 13.2 Å². The van der Waals surface area contributed by atoms with E-state index >= 15 is 0 Å². The van der Waals surface area contributed by atoms with Gasteiger partial charge >= 0.3 is 0 Å². The molecule has 0 radical (unpaired) electrons. The molecule has 2 aromatic rings. The second-order valence-electron chi connectivity index (χ2n) is 3.88. The minimum Gasteiger partial charge on any atom is -0.289 e. The fraction of sp³-hybridized carbons (Fsp3) is 0. The Morgan fingerprint density at radius 1 is 0.947 bits per heavy atom. The molecule has 0 aromatic heterocycles. The van der Waals surface area contributed by atoms with Crippen LogP contribution >= 0.6 is 0 Å². The van der Waals surface area contributed by atoms with Gasteiger partial charge in [-0.05, 0) is 42.0 Å². The topological polar surface area (TPSA) is 17.1 Å². The summed E-state index contributed by atoms with van der Waals surface area (Å²) >= 11 is 0. The third-order valence-corrected chi connectivity index (χ3v) is 2.48. The van der Waals surface area contributed by atoms with E-state index in [2.05, 4.69) is 0 Å². The molecule has 0 saturated carbocycles. The average molecular weight is 262 g/mol. The number of hydrogen-bond donors (Lipinski definition) is 0. The third-order valence-electron chi connectivity index (χ3n) is 2.48. The lowest BCUT2D eigenvalue weighted by Gasteiger charge is -1.97. The van der Waals surface area contributed by atoms with Crippen molar-refractivity contribution in [1.82, 2.24) is 0 Å². The number of carbonyl (C=O) groups excluding carboxylic acids is 1. The number of allylic oxidation sites excluding steroid dienone is 1. The third kappa shape index (κ3) is 3.31. The molecule has 0 amide bonds. The number of rotatable bonds is 3. The molecule has 0 saturated heterocycles. The molecule has 0 N–H and O–H groups in total. The van der Waals surface area contributed by atoms with Gasteiger partial charge in [-0.1, -0.05) is 18.2 Å². The Hall–Kier alpha value is -2.36. The van der Waals surface area contributed by atoms with E-state index in [1.807, 2.05) is 0 Å². The Bertz CT molecular complexity index is 648. The molecule has 19 heavy (non-hydrogen) atoms. The van der Waals surface area contributed by atoms with E-state index in [0.29, 0.717) is 5.56 Å². The molecule has 1 nitrogen and oxygen atoms in total. The van der Waals surface area contributed by atoms with Crippen LogP contribution in [0.1, 0.15) is 15.9 Å². The Labute approximate surface area is 108 Å². The number of benzene rings is 2. The first-order valence-electron chi connectivity index (χ1n) is 5.49. The molecule has 0 unspecified atom stereocenters. The van der Waals surface area contributed by atoms with Crippen LogP contribution in [0.4, 0.5) is 13.2 Å². The summed E-state index contributed by atoms with van der Waals surface area (Å²) in [4.78, 5) is 11.7. The highest BCUT2D eigenvalue weighted by molar-refractivity contribution is 6.06. The van der Waals surface area contributed by atoms with Crippen molar-refractivity contribution in [2.45, 2.75) is 0 Å². The van der Waals surface area contributed by atoms with E-state index in [9.17, 15) is 18.0 Å². The van der Waals surface area contributed by atoms with E-state index < -0.39 is 23.2 Å². The Balaban J connectivity index is 2.19. The maximum absolute atomic E-state index is 13.0. The molecule has 0 heterocycles. The summed E-state index contributed by atoms with van der Waals surface area (Å²) in [5, 5.41) is 0. The maximum Gasteiger partial charge on any atom is 0.185 e. The molecular weight excluding hydrogens is 253 g/mol. The second-order valence-corrected chi connectivity index (χ2v) is 3.88. The predicted octanol–water partition coefficient (Wildman–Crippen LogP) is 4.00. The molecule has 0 spiro atoms. The van der Waals surface area contributed by atoms with Gasteiger partial charge in [0.1, 0.15) is 5.82 Å². The van der Waals surface area contributed by atoms with Crippen molar-refractivity contribution in [2.24, 2.45) is 0 Å². The zero-order valence-corrected chi connectivity index (χ0v) is 9.74. The van der Waals surface area contributed by atoms with E-state index in [4.69, 9.17) is 0 Å². The quantitative estimate of drug-likeness (QED) is 0.603. The van der Waals surface area contributed by atoms with Crippen LogP contribution in [0.3, 0.4) is 0 Å². The lowest BCUT2D eigenvalue weighted by atomic mass is 10.1. The van der Waals surface area contributed by atoms with Crippen molar-refractivity contribution in [3.63, 3.8) is 0 Å². The lowest BCUT2D eigenvalue weighted by Crippen LogP contribution is -1.96. The van der Waals surface area contributed by atoms with Crippen molar-refractivity contribution in [3.8, 4) is 0 Å². The van der Waals surface area contributed by atoms with E-state index in [0.717, 1.165) is 12.1 Å². The molecular formula is C15H9F3O. The highest BCUT2D eigenvalue weighted by Gasteiger charge is 2.07. The monoisotopic (exact) mass is 262 g/mol. The van der Waals surface area contributed by atoms with Crippen molar-refractivity contribution in [2.75, 3.05) is 0 Å². The van der Waals surface area contributed by atoms with Crippen LogP contribution in [0.5, 0.6) is 0 Å². The average Bonchev–Trinajstić information content (AvgIpc) is 2.39. The first-order valence-corrected chi connectivity index (χ1v) is 5.49. The summed E-state index contributed by atoms with van der Waals surface area (Å²) in [5.41, 5.74) is 0.544. The summed E-state index contributed by atoms with van der Waals surface area (Å²) in [6.07, 6.45) is 2.59. The number of halogens is 3. The lowest BCUT2D eigenvalue weighted by molar-refractivity contribution is 0.104. The number of hydrogen-bond acceptors (Lipinski definition) is 1. The molecule has 4 heteroatoms. The molecule has 2 rings (SSSR count). The number of carbonyl (C=O) groups is 1. The van der Waals surface area contributed by atoms with Crippen molar-refractivity contribution in [1.29, 1.82) is 0 Å². The zero-order valence-electron chi connectivity index (χ0n) is 9.74. The van der Waals surface area contributed by atoms with Gasteiger partial charge in [0.25, 0.3) is 0 Å². The first-order chi connectivity index (χ1) is 9.06. The van der Waals surface area contributed by atoms with Gasteiger partial charge in [-0.2, -0.15) is 0 Å². The summed E-state index contributed by atoms with van der Waals surface area (Å²) in [5.74, 6) is -2.98. The van der Waals surface area contributed by atoms with E-state index in [-0.39, 0.29) is 5.56 Å². The molecule has 96 valence electrons. The van der Waals surface area contributed by atoms with Crippen LogP contribution in [0.15, 0.2) is 48.5 Å². The normalized spacial score (nSPS) is 10.9. The minimum atomic E-state index is -1.08. The van der Waals surface area contributed by atoms with E-state index in [1.54, 1.807) is 6.07 Å². The fourth-order valence-electron chi connectivity index (χ4n) is 1.53. The highest BCUT2D eigenvalue weighted by atomic mass is 19.2. The van der Waals surface area contributed by atoms with Crippen LogP contribution in [0, 0.1) is 17.5 Å². The molecule has 0 atom stereocenters. The predicted molar refractivity (Wildman–Crippen MR) is 66.1 cm³/mol. The summed E-state index contributed by atoms with van der Waals surface area (Å²) < 4.78 is 38.6. The van der Waals surface area contributed by atoms with Crippen LogP contribution in [0.2, 0.25) is 0 Å². The van der Waals surface area contributed by atoms with Gasteiger partial charge in [0.05, 0.1) is 0 Å². The first kappa shape index (κ1) is 13.1. The Kier molecular flexibility index (Phi) is 3.80. The zero-order chi connectivity index (χ0) is 13.8.